The Kier molecular flexibility index (Phi) is 7.58. The molecule has 0 saturated heterocycles. The molecule has 1 aliphatic carbocycles. The van der Waals surface area contributed by atoms with Crippen LogP contribution in [0, 0.1) is 6.92 Å². The summed E-state index contributed by atoms with van der Waals surface area (Å²) in [5.41, 5.74) is 5.56. The lowest BCUT2D eigenvalue weighted by Gasteiger charge is -2.42. The van der Waals surface area contributed by atoms with Crippen LogP contribution in [0.15, 0.2) is 24.4 Å². The van der Waals surface area contributed by atoms with Gasteiger partial charge in [-0.2, -0.15) is 10.2 Å². The number of aromatic nitrogens is 6. The van der Waals surface area contributed by atoms with E-state index in [0.717, 1.165) is 64.9 Å². The molecule has 11 heteroatoms. The van der Waals surface area contributed by atoms with Crippen LogP contribution in [0.5, 0.6) is 11.8 Å². The van der Waals surface area contributed by atoms with Crippen LogP contribution in [0.1, 0.15) is 42.3 Å². The van der Waals surface area contributed by atoms with Gasteiger partial charge in [0.25, 0.3) is 0 Å². The summed E-state index contributed by atoms with van der Waals surface area (Å²) in [6.07, 6.45) is 8.73. The van der Waals surface area contributed by atoms with E-state index < -0.39 is 0 Å². The number of aryl methyl sites for hydroxylation is 1. The number of aliphatic hydroxyl groups excluding tert-OH is 1. The molecule has 1 aromatic carbocycles. The molecule has 4 aromatic rings. The third kappa shape index (κ3) is 5.25. The molecule has 4 heterocycles. The van der Waals surface area contributed by atoms with Gasteiger partial charge in [0, 0.05) is 43.7 Å². The van der Waals surface area contributed by atoms with E-state index in [4.69, 9.17) is 19.7 Å². The molecule has 0 spiro atoms. The first-order valence-corrected chi connectivity index (χ1v) is 14.4. The fourth-order valence-corrected chi connectivity index (χ4v) is 5.77. The molecule has 41 heavy (non-hydrogen) atoms. The smallest absolute Gasteiger partial charge is 0.240 e. The van der Waals surface area contributed by atoms with Crippen LogP contribution in [0.25, 0.3) is 34.2 Å². The predicted molar refractivity (Wildman–Crippen MR) is 159 cm³/mol. The standard InChI is InChI=1S/C30H40N8O3/c1-20-24-8-9-27-25-15-21(7-10-28(25)37(19-39)32-27)26-18-31-36(5)30(26)41-14-6-13-40-29(24)33-38(20)23-16-22(17-23)35(4)12-11-34(2)3/h7-10,15,18,22-23,39H,6,11-14,16-17,19H2,1-5H3/b9-8+. The minimum Gasteiger partial charge on any atom is -0.477 e. The fraction of sp³-hybridized carbons (Fsp3) is 0.500. The molecular weight excluding hydrogens is 520 g/mol. The van der Waals surface area contributed by atoms with Crippen LogP contribution >= 0.6 is 0 Å². The molecule has 2 bridgehead atoms. The van der Waals surface area contributed by atoms with Gasteiger partial charge in [0.1, 0.15) is 6.73 Å². The topological polar surface area (TPSA) is 98.6 Å². The van der Waals surface area contributed by atoms with Crippen molar-refractivity contribution < 1.29 is 14.6 Å². The van der Waals surface area contributed by atoms with Crippen molar-refractivity contribution >= 4 is 23.1 Å². The second-order valence-corrected chi connectivity index (χ2v) is 11.4. The van der Waals surface area contributed by atoms with Gasteiger partial charge in [-0.15, -0.1) is 5.10 Å². The Hall–Kier alpha value is -3.67. The van der Waals surface area contributed by atoms with Crippen molar-refractivity contribution in [1.29, 1.82) is 0 Å². The van der Waals surface area contributed by atoms with Crippen LogP contribution in [0.4, 0.5) is 0 Å². The van der Waals surface area contributed by atoms with E-state index >= 15 is 0 Å². The van der Waals surface area contributed by atoms with Gasteiger partial charge < -0.3 is 24.4 Å². The highest BCUT2D eigenvalue weighted by atomic mass is 16.5. The second kappa shape index (κ2) is 11.3. The molecule has 0 atom stereocenters. The lowest BCUT2D eigenvalue weighted by molar-refractivity contribution is 0.0917. The van der Waals surface area contributed by atoms with Gasteiger partial charge >= 0.3 is 0 Å². The average molecular weight is 561 g/mol. The van der Waals surface area contributed by atoms with Gasteiger partial charge in [-0.05, 0) is 70.8 Å². The molecular formula is C30H40N8O3. The van der Waals surface area contributed by atoms with Gasteiger partial charge in [0.2, 0.25) is 11.8 Å². The first kappa shape index (κ1) is 27.5. The summed E-state index contributed by atoms with van der Waals surface area (Å²) in [7, 11) is 8.33. The van der Waals surface area contributed by atoms with Crippen molar-refractivity contribution in [3.8, 4) is 22.9 Å². The van der Waals surface area contributed by atoms with Gasteiger partial charge in [-0.3, -0.25) is 4.68 Å². The van der Waals surface area contributed by atoms with Crippen molar-refractivity contribution in [2.75, 3.05) is 47.4 Å². The Bertz CT molecular complexity index is 1560. The molecule has 6 rings (SSSR count). The van der Waals surface area contributed by atoms with E-state index in [2.05, 4.69) is 59.8 Å². The number of hydrogen-bond donors (Lipinski definition) is 1. The Balaban J connectivity index is 1.34. The zero-order chi connectivity index (χ0) is 28.7. The summed E-state index contributed by atoms with van der Waals surface area (Å²) in [6.45, 7) is 5.01. The van der Waals surface area contributed by atoms with Crippen LogP contribution in [0.2, 0.25) is 0 Å². The third-order valence-electron chi connectivity index (χ3n) is 8.40. The molecule has 3 aromatic heterocycles. The van der Waals surface area contributed by atoms with E-state index in [1.165, 1.54) is 0 Å². The normalized spacial score (nSPS) is 19.8. The number of fused-ring (bicyclic) bond motifs is 4. The maximum Gasteiger partial charge on any atom is 0.240 e. The van der Waals surface area contributed by atoms with Gasteiger partial charge in [0.05, 0.1) is 47.8 Å². The van der Waals surface area contributed by atoms with Crippen molar-refractivity contribution in [3.05, 3.63) is 41.3 Å². The highest BCUT2D eigenvalue weighted by Gasteiger charge is 2.35. The molecule has 11 nitrogen and oxygen atoms in total. The number of ether oxygens (including phenoxy) is 2. The third-order valence-corrected chi connectivity index (χ3v) is 8.40. The number of aliphatic hydroxyl groups is 1. The maximum absolute atomic E-state index is 9.99. The van der Waals surface area contributed by atoms with Crippen LogP contribution < -0.4 is 9.47 Å². The first-order chi connectivity index (χ1) is 19.8. The Morgan fingerprint density at radius 1 is 1.05 bits per heavy atom. The molecule has 1 N–H and O–H groups in total. The van der Waals surface area contributed by atoms with Gasteiger partial charge in [-0.25, -0.2) is 9.36 Å². The van der Waals surface area contributed by atoms with E-state index in [1.807, 2.05) is 31.5 Å². The molecule has 2 aliphatic rings. The molecule has 1 saturated carbocycles. The van der Waals surface area contributed by atoms with Crippen LogP contribution in [-0.4, -0.2) is 97.7 Å². The molecule has 0 radical (unpaired) electrons. The lowest BCUT2D eigenvalue weighted by atomic mass is 9.85. The predicted octanol–water partition coefficient (Wildman–Crippen LogP) is 3.42. The number of rotatable bonds is 6. The monoisotopic (exact) mass is 560 g/mol. The summed E-state index contributed by atoms with van der Waals surface area (Å²) in [5, 5.41) is 25.0. The fourth-order valence-electron chi connectivity index (χ4n) is 5.77. The second-order valence-electron chi connectivity index (χ2n) is 11.4. The largest absolute Gasteiger partial charge is 0.477 e. The van der Waals surface area contributed by atoms with Crippen LogP contribution in [0.3, 0.4) is 0 Å². The summed E-state index contributed by atoms with van der Waals surface area (Å²) >= 11 is 0. The number of hydrogen-bond acceptors (Lipinski definition) is 8. The Labute approximate surface area is 240 Å². The van der Waals surface area contributed by atoms with E-state index in [-0.39, 0.29) is 6.73 Å². The van der Waals surface area contributed by atoms with Crippen molar-refractivity contribution in [1.82, 2.24) is 39.1 Å². The lowest BCUT2D eigenvalue weighted by Crippen LogP contribution is -2.45. The van der Waals surface area contributed by atoms with Crippen molar-refractivity contribution in [3.63, 3.8) is 0 Å². The number of likely N-dealkylation sites (N-methyl/N-ethyl adjacent to an activating group) is 2. The zero-order valence-corrected chi connectivity index (χ0v) is 24.6. The molecule has 218 valence electrons. The highest BCUT2D eigenvalue weighted by Crippen LogP contribution is 2.39. The summed E-state index contributed by atoms with van der Waals surface area (Å²) in [4.78, 5) is 4.69. The SMILES string of the molecule is Cc1c2c(nn1C1CC(N(C)CCN(C)C)C1)OCCCOc1c(cnn1C)-c1ccc3c(c1)c(nn3CO)/C=C/2. The minimum absolute atomic E-state index is 0.206. The quantitative estimate of drug-likeness (QED) is 0.383. The molecule has 1 fully saturated rings. The van der Waals surface area contributed by atoms with E-state index in [9.17, 15) is 5.11 Å². The summed E-state index contributed by atoms with van der Waals surface area (Å²) < 4.78 is 18.0. The van der Waals surface area contributed by atoms with E-state index in [0.29, 0.717) is 43.5 Å². The van der Waals surface area contributed by atoms with Gasteiger partial charge in [-0.1, -0.05) is 6.07 Å². The molecule has 1 aliphatic heterocycles. The summed E-state index contributed by atoms with van der Waals surface area (Å²) in [6, 6.07) is 7.01. The molecule has 0 amide bonds. The summed E-state index contributed by atoms with van der Waals surface area (Å²) in [5.74, 6) is 1.34. The average Bonchev–Trinajstić information content (AvgIpc) is 3.57. The number of benzene rings is 1. The minimum atomic E-state index is -0.206. The van der Waals surface area contributed by atoms with Crippen molar-refractivity contribution in [2.45, 2.75) is 45.0 Å². The number of nitrogens with zero attached hydrogens (tertiary/aromatic N) is 8. The zero-order valence-electron chi connectivity index (χ0n) is 24.6. The first-order valence-electron chi connectivity index (χ1n) is 14.4. The Morgan fingerprint density at radius 2 is 1.85 bits per heavy atom. The Morgan fingerprint density at radius 3 is 2.63 bits per heavy atom. The van der Waals surface area contributed by atoms with Crippen LogP contribution in [-0.2, 0) is 13.8 Å². The van der Waals surface area contributed by atoms with Gasteiger partial charge in [0.15, 0.2) is 0 Å². The van der Waals surface area contributed by atoms with E-state index in [1.54, 1.807) is 9.36 Å². The maximum atomic E-state index is 9.99. The van der Waals surface area contributed by atoms with Crippen molar-refractivity contribution in [2.24, 2.45) is 7.05 Å². The molecule has 0 unspecified atom stereocenters. The highest BCUT2D eigenvalue weighted by molar-refractivity contribution is 5.93.